The molecule has 0 unspecified atom stereocenters. The van der Waals surface area contributed by atoms with Crippen molar-refractivity contribution >= 4 is 36.1 Å². The zero-order chi connectivity index (χ0) is 13.3. The van der Waals surface area contributed by atoms with Gasteiger partial charge in [0.25, 0.3) is 0 Å². The first-order valence-electron chi connectivity index (χ1n) is 6.14. The van der Waals surface area contributed by atoms with Gasteiger partial charge in [-0.05, 0) is 35.9 Å². The number of nitrogens with one attached hydrogen (secondary N) is 2. The molecule has 0 aliphatic carbocycles. The zero-order valence-electron chi connectivity index (χ0n) is 11.0. The average molecular weight is 285 g/mol. The van der Waals surface area contributed by atoms with Crippen LogP contribution < -0.4 is 5.32 Å². The maximum absolute atomic E-state index is 6.89. The highest BCUT2D eigenvalue weighted by Gasteiger charge is 1.94. The third-order valence-electron chi connectivity index (χ3n) is 2.56. The molecule has 0 bridgehead atoms. The Labute approximate surface area is 125 Å². The number of para-hydroxylation sites is 1. The topological polar surface area (TPSA) is 35.9 Å². The van der Waals surface area contributed by atoms with E-state index in [-0.39, 0.29) is 12.4 Å². The third-order valence-corrected chi connectivity index (χ3v) is 2.56. The lowest BCUT2D eigenvalue weighted by Crippen LogP contribution is -1.89. The van der Waals surface area contributed by atoms with E-state index in [1.165, 1.54) is 6.21 Å². The van der Waals surface area contributed by atoms with Crippen molar-refractivity contribution in [3.63, 3.8) is 0 Å². The third kappa shape index (κ3) is 5.12. The summed E-state index contributed by atoms with van der Waals surface area (Å²) in [6.07, 6.45) is 8.72. The number of hydrogen-bond acceptors (Lipinski definition) is 2. The quantitative estimate of drug-likeness (QED) is 0.583. The second kappa shape index (κ2) is 8.73. The van der Waals surface area contributed by atoms with Crippen LogP contribution in [0.5, 0.6) is 0 Å². The second-order valence-electron chi connectivity index (χ2n) is 4.03. The van der Waals surface area contributed by atoms with Crippen LogP contribution in [0.25, 0.3) is 6.08 Å². The highest BCUT2D eigenvalue weighted by molar-refractivity contribution is 5.85. The van der Waals surface area contributed by atoms with Crippen molar-refractivity contribution in [1.29, 1.82) is 5.41 Å². The van der Waals surface area contributed by atoms with Gasteiger partial charge in [0.2, 0.25) is 0 Å². The minimum Gasteiger partial charge on any atom is -0.356 e. The van der Waals surface area contributed by atoms with E-state index < -0.39 is 0 Å². The molecule has 102 valence electrons. The van der Waals surface area contributed by atoms with E-state index >= 15 is 0 Å². The largest absolute Gasteiger partial charge is 0.356 e. The van der Waals surface area contributed by atoms with Crippen molar-refractivity contribution < 1.29 is 0 Å². The smallest absolute Gasteiger partial charge is 0.0390 e. The fraction of sp³-hybridized carbons (Fsp3) is 0. The van der Waals surface area contributed by atoms with Gasteiger partial charge in [0.05, 0.1) is 0 Å². The molecule has 0 spiro atoms. The number of benzene rings is 2. The summed E-state index contributed by atoms with van der Waals surface area (Å²) in [5, 5.41) is 10.2. The lowest BCUT2D eigenvalue weighted by atomic mass is 10.2. The van der Waals surface area contributed by atoms with Crippen molar-refractivity contribution in [3.05, 3.63) is 78.4 Å². The summed E-state index contributed by atoms with van der Waals surface area (Å²) in [4.78, 5) is 0. The van der Waals surface area contributed by atoms with E-state index in [2.05, 4.69) is 11.4 Å². The lowest BCUT2D eigenvalue weighted by Gasteiger charge is -2.06. The van der Waals surface area contributed by atoms with Gasteiger partial charge in [-0.2, -0.15) is 0 Å². The SMILES string of the molecule is Cl.N=CC=CC=Cc1cccc(Nc2ccccc2)c1. The Bertz CT molecular complexity index is 589. The number of rotatable bonds is 5. The summed E-state index contributed by atoms with van der Waals surface area (Å²) in [6, 6.07) is 18.3. The summed E-state index contributed by atoms with van der Waals surface area (Å²) in [5.74, 6) is 0. The molecular weight excluding hydrogens is 268 g/mol. The molecule has 0 aliphatic heterocycles. The maximum Gasteiger partial charge on any atom is 0.0390 e. The molecule has 3 heteroatoms. The highest BCUT2D eigenvalue weighted by Crippen LogP contribution is 2.17. The van der Waals surface area contributed by atoms with E-state index in [9.17, 15) is 0 Å². The molecule has 20 heavy (non-hydrogen) atoms. The Kier molecular flexibility index (Phi) is 6.87. The fourth-order valence-electron chi connectivity index (χ4n) is 1.69. The standard InChI is InChI=1S/C17H16N2.ClH/c18-13-6-2-3-8-15-9-7-12-17(14-15)19-16-10-4-1-5-11-16;/h1-14,18-19H;1H. The molecule has 2 N–H and O–H groups in total. The van der Waals surface area contributed by atoms with Crippen LogP contribution in [0.4, 0.5) is 11.4 Å². The first-order chi connectivity index (χ1) is 9.38. The summed E-state index contributed by atoms with van der Waals surface area (Å²) >= 11 is 0. The van der Waals surface area contributed by atoms with Gasteiger partial charge in [-0.1, -0.05) is 48.6 Å². The molecule has 0 aliphatic rings. The lowest BCUT2D eigenvalue weighted by molar-refractivity contribution is 1.54. The van der Waals surface area contributed by atoms with E-state index in [1.807, 2.05) is 66.8 Å². The molecule has 0 radical (unpaired) electrons. The number of allylic oxidation sites excluding steroid dienone is 3. The van der Waals surface area contributed by atoms with Crippen LogP contribution in [0.1, 0.15) is 5.56 Å². The summed E-state index contributed by atoms with van der Waals surface area (Å²) in [7, 11) is 0. The molecule has 0 aromatic heterocycles. The number of hydrogen-bond donors (Lipinski definition) is 2. The van der Waals surface area contributed by atoms with Gasteiger partial charge in [-0.15, -0.1) is 12.4 Å². The Morgan fingerprint density at radius 3 is 2.30 bits per heavy atom. The molecule has 2 aromatic carbocycles. The van der Waals surface area contributed by atoms with E-state index in [0.29, 0.717) is 0 Å². The Morgan fingerprint density at radius 1 is 0.800 bits per heavy atom. The van der Waals surface area contributed by atoms with Crippen molar-refractivity contribution in [2.45, 2.75) is 0 Å². The molecule has 0 saturated heterocycles. The van der Waals surface area contributed by atoms with Crippen LogP contribution in [-0.4, -0.2) is 6.21 Å². The van der Waals surface area contributed by atoms with Gasteiger partial charge in [-0.3, -0.25) is 0 Å². The van der Waals surface area contributed by atoms with Gasteiger partial charge in [-0.25, -0.2) is 0 Å². The van der Waals surface area contributed by atoms with E-state index in [4.69, 9.17) is 5.41 Å². The summed E-state index contributed by atoms with van der Waals surface area (Å²) in [5.41, 5.74) is 3.26. The molecular formula is C17H17ClN2. The minimum absolute atomic E-state index is 0. The number of halogens is 1. The van der Waals surface area contributed by atoms with Crippen LogP contribution in [0.2, 0.25) is 0 Å². The first kappa shape index (κ1) is 15.7. The second-order valence-corrected chi connectivity index (χ2v) is 4.03. The molecule has 0 amide bonds. The van der Waals surface area contributed by atoms with Crippen LogP contribution in [0.3, 0.4) is 0 Å². The fourth-order valence-corrected chi connectivity index (χ4v) is 1.69. The molecule has 0 heterocycles. The van der Waals surface area contributed by atoms with Crippen molar-refractivity contribution in [1.82, 2.24) is 0 Å². The van der Waals surface area contributed by atoms with Crippen LogP contribution >= 0.6 is 12.4 Å². The Hall–Kier alpha value is -2.32. The molecule has 2 rings (SSSR count). The predicted molar refractivity (Wildman–Crippen MR) is 90.4 cm³/mol. The highest BCUT2D eigenvalue weighted by atomic mass is 35.5. The maximum atomic E-state index is 6.89. The van der Waals surface area contributed by atoms with Gasteiger partial charge < -0.3 is 10.7 Å². The normalized spacial score (nSPS) is 10.4. The van der Waals surface area contributed by atoms with Crippen LogP contribution in [0, 0.1) is 5.41 Å². The minimum atomic E-state index is 0. The Morgan fingerprint density at radius 2 is 1.55 bits per heavy atom. The van der Waals surface area contributed by atoms with Crippen LogP contribution in [0.15, 0.2) is 72.8 Å². The first-order valence-corrected chi connectivity index (χ1v) is 6.14. The van der Waals surface area contributed by atoms with Gasteiger partial charge in [0.1, 0.15) is 0 Å². The van der Waals surface area contributed by atoms with Gasteiger partial charge >= 0.3 is 0 Å². The number of anilines is 2. The predicted octanol–water partition coefficient (Wildman–Crippen LogP) is 5.07. The molecule has 2 nitrogen and oxygen atoms in total. The van der Waals surface area contributed by atoms with Gasteiger partial charge in [0, 0.05) is 17.6 Å². The van der Waals surface area contributed by atoms with Crippen molar-refractivity contribution in [2.75, 3.05) is 5.32 Å². The van der Waals surface area contributed by atoms with E-state index in [0.717, 1.165) is 16.9 Å². The van der Waals surface area contributed by atoms with E-state index in [1.54, 1.807) is 6.08 Å². The molecule has 2 aromatic rings. The molecule has 0 atom stereocenters. The average Bonchev–Trinajstić information content (AvgIpc) is 2.45. The summed E-state index contributed by atoms with van der Waals surface area (Å²) < 4.78 is 0. The molecule has 0 fully saturated rings. The summed E-state index contributed by atoms with van der Waals surface area (Å²) in [6.45, 7) is 0. The van der Waals surface area contributed by atoms with Gasteiger partial charge in [0.15, 0.2) is 0 Å². The monoisotopic (exact) mass is 284 g/mol. The van der Waals surface area contributed by atoms with Crippen molar-refractivity contribution in [2.24, 2.45) is 0 Å². The molecule has 0 saturated carbocycles. The van der Waals surface area contributed by atoms with Crippen molar-refractivity contribution in [3.8, 4) is 0 Å². The Balaban J connectivity index is 0.00000200. The van der Waals surface area contributed by atoms with Crippen LogP contribution in [-0.2, 0) is 0 Å². The zero-order valence-corrected chi connectivity index (χ0v) is 11.8.